The number of aromatic hydroxyl groups is 1. The number of rotatable bonds is 3. The van der Waals surface area contributed by atoms with Gasteiger partial charge in [0, 0.05) is 17.7 Å². The Morgan fingerprint density at radius 3 is 2.64 bits per heavy atom. The number of hydrogen-bond acceptors (Lipinski definition) is 7. The van der Waals surface area contributed by atoms with Crippen LogP contribution in [0.1, 0.15) is 5.56 Å². The lowest BCUT2D eigenvalue weighted by Gasteiger charge is -2.06. The van der Waals surface area contributed by atoms with E-state index >= 15 is 0 Å². The predicted octanol–water partition coefficient (Wildman–Crippen LogP) is 2.10. The summed E-state index contributed by atoms with van der Waals surface area (Å²) in [5, 5.41) is 17.1. The zero-order valence-corrected chi connectivity index (χ0v) is 12.5. The maximum atomic E-state index is 14.0. The minimum Gasteiger partial charge on any atom is -0.508 e. The highest BCUT2D eigenvalue weighted by atomic mass is 19.1. The average molecular weight is 344 g/mol. The molecule has 4 aromatic rings. The van der Waals surface area contributed by atoms with Crippen molar-refractivity contribution in [3.63, 3.8) is 0 Å². The molecule has 0 aliphatic rings. The molecule has 0 spiro atoms. The third-order valence-corrected chi connectivity index (χ3v) is 3.57. The Labute approximate surface area is 138 Å². The first-order valence-corrected chi connectivity index (χ1v) is 7.10. The van der Waals surface area contributed by atoms with Gasteiger partial charge in [-0.25, -0.2) is 18.4 Å². The van der Waals surface area contributed by atoms with Gasteiger partial charge in [0.2, 0.25) is 5.95 Å². The van der Waals surface area contributed by atoms with Crippen molar-refractivity contribution < 1.29 is 18.3 Å². The van der Waals surface area contributed by atoms with Gasteiger partial charge in [0.1, 0.15) is 23.1 Å². The van der Waals surface area contributed by atoms with Gasteiger partial charge < -0.3 is 15.3 Å². The number of nitrogen functional groups attached to an aromatic ring is 1. The largest absolute Gasteiger partial charge is 0.508 e. The molecule has 0 saturated carbocycles. The summed E-state index contributed by atoms with van der Waals surface area (Å²) < 4.78 is 34.4. The first-order chi connectivity index (χ1) is 12.0. The molecule has 3 aromatic heterocycles. The molecule has 0 saturated heterocycles. The summed E-state index contributed by atoms with van der Waals surface area (Å²) in [6.07, 6.45) is 1.46. The zero-order chi connectivity index (χ0) is 17.6. The summed E-state index contributed by atoms with van der Waals surface area (Å²) in [4.78, 5) is 8.13. The second-order valence-electron chi connectivity index (χ2n) is 5.21. The molecule has 0 aliphatic carbocycles. The Kier molecular flexibility index (Phi) is 3.31. The summed E-state index contributed by atoms with van der Waals surface area (Å²) in [6, 6.07) is 4.97. The van der Waals surface area contributed by atoms with E-state index in [1.807, 2.05) is 0 Å². The highest BCUT2D eigenvalue weighted by molar-refractivity contribution is 5.85. The summed E-state index contributed by atoms with van der Waals surface area (Å²) in [5.74, 6) is -1.97. The summed E-state index contributed by atoms with van der Waals surface area (Å²) in [6.45, 7) is -0.289. The van der Waals surface area contributed by atoms with Crippen LogP contribution in [0.15, 0.2) is 34.9 Å². The van der Waals surface area contributed by atoms with Crippen LogP contribution in [-0.4, -0.2) is 30.1 Å². The fourth-order valence-electron chi connectivity index (χ4n) is 2.46. The Morgan fingerprint density at radius 2 is 1.96 bits per heavy atom. The maximum absolute atomic E-state index is 14.0. The minimum atomic E-state index is -0.908. The molecule has 3 heterocycles. The van der Waals surface area contributed by atoms with Crippen LogP contribution in [0.3, 0.4) is 0 Å². The van der Waals surface area contributed by atoms with Gasteiger partial charge in [-0.1, -0.05) is 5.21 Å². The summed E-state index contributed by atoms with van der Waals surface area (Å²) in [5.41, 5.74) is 6.23. The van der Waals surface area contributed by atoms with Gasteiger partial charge in [-0.3, -0.25) is 0 Å². The molecular weight excluding hydrogens is 334 g/mol. The van der Waals surface area contributed by atoms with E-state index in [9.17, 15) is 13.9 Å². The molecule has 0 unspecified atom stereocenters. The SMILES string of the molecule is Nc1nc(-c2ccco2)c2nnn(Cc3c(F)cc(O)cc3F)c2n1. The average Bonchev–Trinajstić information content (AvgIpc) is 3.20. The van der Waals surface area contributed by atoms with E-state index in [1.165, 1.54) is 10.9 Å². The van der Waals surface area contributed by atoms with Crippen molar-refractivity contribution in [1.29, 1.82) is 0 Å². The van der Waals surface area contributed by atoms with Crippen molar-refractivity contribution >= 4 is 17.1 Å². The number of fused-ring (bicyclic) bond motifs is 1. The third kappa shape index (κ3) is 2.53. The molecule has 0 aliphatic heterocycles. The second-order valence-corrected chi connectivity index (χ2v) is 5.21. The topological polar surface area (TPSA) is 116 Å². The van der Waals surface area contributed by atoms with Crippen LogP contribution in [-0.2, 0) is 6.54 Å². The summed E-state index contributed by atoms with van der Waals surface area (Å²) >= 11 is 0. The first kappa shape index (κ1) is 15.0. The van der Waals surface area contributed by atoms with Gasteiger partial charge in [-0.05, 0) is 12.1 Å². The predicted molar refractivity (Wildman–Crippen MR) is 82.4 cm³/mol. The quantitative estimate of drug-likeness (QED) is 0.584. The Balaban J connectivity index is 1.85. The van der Waals surface area contributed by atoms with E-state index in [2.05, 4.69) is 20.3 Å². The van der Waals surface area contributed by atoms with Gasteiger partial charge >= 0.3 is 0 Å². The van der Waals surface area contributed by atoms with Crippen LogP contribution in [0.2, 0.25) is 0 Å². The Morgan fingerprint density at radius 1 is 1.20 bits per heavy atom. The fourth-order valence-corrected chi connectivity index (χ4v) is 2.46. The normalized spacial score (nSPS) is 11.3. The van der Waals surface area contributed by atoms with E-state index in [-0.39, 0.29) is 29.2 Å². The molecule has 8 nitrogen and oxygen atoms in total. The number of anilines is 1. The van der Waals surface area contributed by atoms with Crippen molar-refractivity contribution in [2.45, 2.75) is 6.54 Å². The molecule has 10 heteroatoms. The second kappa shape index (κ2) is 5.51. The lowest BCUT2D eigenvalue weighted by molar-refractivity contribution is 0.454. The molecule has 3 N–H and O–H groups in total. The molecule has 4 rings (SSSR count). The van der Waals surface area contributed by atoms with E-state index < -0.39 is 17.4 Å². The van der Waals surface area contributed by atoms with Gasteiger partial charge in [0.15, 0.2) is 16.9 Å². The van der Waals surface area contributed by atoms with E-state index in [4.69, 9.17) is 10.2 Å². The van der Waals surface area contributed by atoms with Crippen LogP contribution in [0.25, 0.3) is 22.6 Å². The monoisotopic (exact) mass is 344 g/mol. The van der Waals surface area contributed by atoms with Crippen LogP contribution in [0, 0.1) is 11.6 Å². The Hall–Kier alpha value is -3.56. The van der Waals surface area contributed by atoms with Crippen LogP contribution >= 0.6 is 0 Å². The van der Waals surface area contributed by atoms with Crippen molar-refractivity contribution in [3.05, 3.63) is 47.7 Å². The van der Waals surface area contributed by atoms with Crippen molar-refractivity contribution in [2.75, 3.05) is 5.73 Å². The lowest BCUT2D eigenvalue weighted by Crippen LogP contribution is -2.08. The van der Waals surface area contributed by atoms with Crippen LogP contribution in [0.5, 0.6) is 5.75 Å². The smallest absolute Gasteiger partial charge is 0.222 e. The number of hydrogen-bond donors (Lipinski definition) is 2. The van der Waals surface area contributed by atoms with Gasteiger partial charge in [-0.2, -0.15) is 4.98 Å². The van der Waals surface area contributed by atoms with Crippen molar-refractivity contribution in [2.24, 2.45) is 0 Å². The van der Waals surface area contributed by atoms with Gasteiger partial charge in [-0.15, -0.1) is 5.10 Å². The van der Waals surface area contributed by atoms with Crippen molar-refractivity contribution in [3.8, 4) is 17.2 Å². The number of nitrogens with zero attached hydrogens (tertiary/aromatic N) is 5. The third-order valence-electron chi connectivity index (χ3n) is 3.57. The molecule has 0 amide bonds. The van der Waals surface area contributed by atoms with Gasteiger partial charge in [0.25, 0.3) is 0 Å². The molecule has 1 aromatic carbocycles. The first-order valence-electron chi connectivity index (χ1n) is 7.10. The number of phenolic OH excluding ortho intramolecular Hbond substituents is 1. The Bertz CT molecular complexity index is 1050. The molecule has 126 valence electrons. The van der Waals surface area contributed by atoms with E-state index in [1.54, 1.807) is 12.1 Å². The molecule has 0 atom stereocenters. The molecule has 25 heavy (non-hydrogen) atoms. The van der Waals surface area contributed by atoms with Gasteiger partial charge in [0.05, 0.1) is 12.8 Å². The number of aromatic nitrogens is 5. The maximum Gasteiger partial charge on any atom is 0.222 e. The fraction of sp³-hybridized carbons (Fsp3) is 0.0667. The number of phenols is 1. The molecule has 0 bridgehead atoms. The standard InChI is InChI=1S/C15H10F2N6O2/c16-9-4-7(24)5-10(17)8(9)6-23-14-13(21-22-23)12(19-15(18)20-14)11-2-1-3-25-11/h1-5,24H,6H2,(H2,18,19,20). The van der Waals surface area contributed by atoms with E-state index in [0.29, 0.717) is 11.5 Å². The zero-order valence-electron chi connectivity index (χ0n) is 12.5. The molecular formula is C15H10F2N6O2. The molecule has 0 fully saturated rings. The number of halogens is 2. The number of benzene rings is 1. The highest BCUT2D eigenvalue weighted by Gasteiger charge is 2.19. The van der Waals surface area contributed by atoms with Crippen LogP contribution < -0.4 is 5.73 Å². The van der Waals surface area contributed by atoms with Crippen molar-refractivity contribution in [1.82, 2.24) is 25.0 Å². The van der Waals surface area contributed by atoms with Crippen LogP contribution in [0.4, 0.5) is 14.7 Å². The summed E-state index contributed by atoms with van der Waals surface area (Å²) in [7, 11) is 0. The number of nitrogens with two attached hydrogens (primary N) is 1. The molecule has 0 radical (unpaired) electrons. The number of furan rings is 1. The lowest BCUT2D eigenvalue weighted by atomic mass is 10.2. The highest BCUT2D eigenvalue weighted by Crippen LogP contribution is 2.26. The minimum absolute atomic E-state index is 0.0610. The van der Waals surface area contributed by atoms with E-state index in [0.717, 1.165) is 12.1 Å².